The molecule has 0 atom stereocenters. The number of benzene rings is 1. The van der Waals surface area contributed by atoms with Gasteiger partial charge in [-0.05, 0) is 30.2 Å². The van der Waals surface area contributed by atoms with Gasteiger partial charge in [0.2, 0.25) is 0 Å². The molecule has 0 aliphatic heterocycles. The molecule has 0 aromatic heterocycles. The smallest absolute Gasteiger partial charge is 0.116 e. The van der Waals surface area contributed by atoms with Crippen LogP contribution in [0.1, 0.15) is 11.1 Å². The molecular formula is C9H9NO. The fourth-order valence-corrected chi connectivity index (χ4v) is 1.03. The molecule has 1 N–H and O–H groups in total. The highest BCUT2D eigenvalue weighted by molar-refractivity contribution is 5.33. The number of phenolic OH excluding ortho intramolecular Hbond substituents is 1. The van der Waals surface area contributed by atoms with Crippen LogP contribution in [0.5, 0.6) is 5.75 Å². The molecule has 0 aliphatic rings. The van der Waals surface area contributed by atoms with Gasteiger partial charge in [-0.15, -0.1) is 0 Å². The topological polar surface area (TPSA) is 44.0 Å². The molecule has 0 saturated carbocycles. The lowest BCUT2D eigenvalue weighted by Crippen LogP contribution is -1.82. The van der Waals surface area contributed by atoms with Gasteiger partial charge in [0, 0.05) is 0 Å². The van der Waals surface area contributed by atoms with E-state index in [4.69, 9.17) is 10.4 Å². The molecule has 2 nitrogen and oxygen atoms in total. The standard InChI is InChI=1S/C9H9NO/c1-7-4-8(2-3-10)6-9(11)5-7/h4-6,11H,2H2,1H3. The van der Waals surface area contributed by atoms with Crippen LogP contribution in [-0.4, -0.2) is 5.11 Å². The second-order valence-corrected chi connectivity index (χ2v) is 2.51. The third-order valence-corrected chi connectivity index (χ3v) is 1.41. The number of rotatable bonds is 1. The molecule has 1 rings (SSSR count). The van der Waals surface area contributed by atoms with E-state index >= 15 is 0 Å². The molecule has 0 heterocycles. The molecule has 0 spiro atoms. The summed E-state index contributed by atoms with van der Waals surface area (Å²) in [6, 6.07) is 7.19. The van der Waals surface area contributed by atoms with E-state index in [0.717, 1.165) is 11.1 Å². The molecule has 0 unspecified atom stereocenters. The summed E-state index contributed by atoms with van der Waals surface area (Å²) in [5.74, 6) is 0.232. The van der Waals surface area contributed by atoms with Crippen molar-refractivity contribution in [3.63, 3.8) is 0 Å². The Bertz CT molecular complexity index is 279. The Morgan fingerprint density at radius 1 is 1.45 bits per heavy atom. The van der Waals surface area contributed by atoms with Crippen molar-refractivity contribution in [1.82, 2.24) is 0 Å². The highest BCUT2D eigenvalue weighted by Gasteiger charge is 1.95. The first-order chi connectivity index (χ1) is 5.22. The van der Waals surface area contributed by atoms with Gasteiger partial charge in [-0.25, -0.2) is 0 Å². The highest BCUT2D eigenvalue weighted by Crippen LogP contribution is 2.14. The summed E-state index contributed by atoms with van der Waals surface area (Å²) in [6.45, 7) is 1.89. The molecule has 0 bridgehead atoms. The van der Waals surface area contributed by atoms with Crippen LogP contribution >= 0.6 is 0 Å². The van der Waals surface area contributed by atoms with Crippen molar-refractivity contribution < 1.29 is 5.11 Å². The molecule has 0 fully saturated rings. The molecule has 11 heavy (non-hydrogen) atoms. The number of hydrogen-bond donors (Lipinski definition) is 1. The second kappa shape index (κ2) is 3.07. The minimum absolute atomic E-state index is 0.232. The minimum Gasteiger partial charge on any atom is -0.508 e. The van der Waals surface area contributed by atoms with Gasteiger partial charge < -0.3 is 5.11 Å². The first-order valence-electron chi connectivity index (χ1n) is 3.39. The van der Waals surface area contributed by atoms with E-state index in [1.807, 2.05) is 19.1 Å². The summed E-state index contributed by atoms with van der Waals surface area (Å²) < 4.78 is 0. The maximum absolute atomic E-state index is 9.11. The maximum atomic E-state index is 9.11. The van der Waals surface area contributed by atoms with Crippen LogP contribution in [0.3, 0.4) is 0 Å². The molecule has 0 saturated heterocycles. The molecular weight excluding hydrogens is 138 g/mol. The van der Waals surface area contributed by atoms with Crippen molar-refractivity contribution in [2.24, 2.45) is 0 Å². The number of hydrogen-bond acceptors (Lipinski definition) is 2. The van der Waals surface area contributed by atoms with Gasteiger partial charge in [0.1, 0.15) is 5.75 Å². The maximum Gasteiger partial charge on any atom is 0.116 e. The van der Waals surface area contributed by atoms with Crippen LogP contribution in [0.15, 0.2) is 18.2 Å². The van der Waals surface area contributed by atoms with Crippen molar-refractivity contribution >= 4 is 0 Å². The molecule has 0 radical (unpaired) electrons. The van der Waals surface area contributed by atoms with E-state index in [2.05, 4.69) is 0 Å². The van der Waals surface area contributed by atoms with Crippen molar-refractivity contribution in [1.29, 1.82) is 5.26 Å². The third-order valence-electron chi connectivity index (χ3n) is 1.41. The summed E-state index contributed by atoms with van der Waals surface area (Å²) in [7, 11) is 0. The summed E-state index contributed by atoms with van der Waals surface area (Å²) >= 11 is 0. The average molecular weight is 147 g/mol. The minimum atomic E-state index is 0.232. The Morgan fingerprint density at radius 3 is 2.73 bits per heavy atom. The predicted molar refractivity (Wildman–Crippen MR) is 42.2 cm³/mol. The highest BCUT2D eigenvalue weighted by atomic mass is 16.3. The number of nitrogens with zero attached hydrogens (tertiary/aromatic N) is 1. The van der Waals surface area contributed by atoms with Crippen LogP contribution in [0.2, 0.25) is 0 Å². The second-order valence-electron chi connectivity index (χ2n) is 2.51. The summed E-state index contributed by atoms with van der Waals surface area (Å²) in [6.07, 6.45) is 0.356. The number of phenols is 1. The van der Waals surface area contributed by atoms with Crippen LogP contribution in [0.4, 0.5) is 0 Å². The molecule has 0 aliphatic carbocycles. The number of aryl methyl sites for hydroxylation is 1. The fraction of sp³-hybridized carbons (Fsp3) is 0.222. The largest absolute Gasteiger partial charge is 0.508 e. The van der Waals surface area contributed by atoms with Crippen molar-refractivity contribution in [2.75, 3.05) is 0 Å². The van der Waals surface area contributed by atoms with Gasteiger partial charge >= 0.3 is 0 Å². The monoisotopic (exact) mass is 147 g/mol. The van der Waals surface area contributed by atoms with Gasteiger partial charge in [0.15, 0.2) is 0 Å². The summed E-state index contributed by atoms with van der Waals surface area (Å²) in [5, 5.41) is 17.5. The van der Waals surface area contributed by atoms with Crippen LogP contribution in [0.25, 0.3) is 0 Å². The van der Waals surface area contributed by atoms with Crippen molar-refractivity contribution in [3.05, 3.63) is 29.3 Å². The average Bonchev–Trinajstić information content (AvgIpc) is 1.85. The van der Waals surface area contributed by atoms with Gasteiger partial charge in [-0.2, -0.15) is 5.26 Å². The molecule has 1 aromatic carbocycles. The third kappa shape index (κ3) is 1.98. The molecule has 2 heteroatoms. The summed E-state index contributed by atoms with van der Waals surface area (Å²) in [4.78, 5) is 0. The van der Waals surface area contributed by atoms with E-state index in [9.17, 15) is 0 Å². The Labute approximate surface area is 65.7 Å². The predicted octanol–water partition coefficient (Wildman–Crippen LogP) is 1.77. The van der Waals surface area contributed by atoms with Gasteiger partial charge in [-0.3, -0.25) is 0 Å². The zero-order valence-electron chi connectivity index (χ0n) is 6.33. The van der Waals surface area contributed by atoms with Gasteiger partial charge in [-0.1, -0.05) is 6.07 Å². The number of aromatic hydroxyl groups is 1. The quantitative estimate of drug-likeness (QED) is 0.657. The van der Waals surface area contributed by atoms with Crippen LogP contribution < -0.4 is 0 Å². The van der Waals surface area contributed by atoms with E-state index < -0.39 is 0 Å². The normalized spacial score (nSPS) is 9.09. The van der Waals surface area contributed by atoms with E-state index in [0.29, 0.717) is 6.42 Å². The van der Waals surface area contributed by atoms with Crippen LogP contribution in [0, 0.1) is 18.3 Å². The summed E-state index contributed by atoms with van der Waals surface area (Å²) in [5.41, 5.74) is 1.85. The lowest BCUT2D eigenvalue weighted by Gasteiger charge is -1.98. The SMILES string of the molecule is Cc1cc(O)cc(CC#N)c1. The van der Waals surface area contributed by atoms with Gasteiger partial charge in [0.05, 0.1) is 12.5 Å². The molecule has 56 valence electrons. The lowest BCUT2D eigenvalue weighted by molar-refractivity contribution is 0.474. The fourth-order valence-electron chi connectivity index (χ4n) is 1.03. The first-order valence-corrected chi connectivity index (χ1v) is 3.39. The lowest BCUT2D eigenvalue weighted by atomic mass is 10.1. The Hall–Kier alpha value is -1.49. The van der Waals surface area contributed by atoms with Crippen LogP contribution in [-0.2, 0) is 6.42 Å². The molecule has 1 aromatic rings. The Balaban J connectivity index is 3.01. The zero-order valence-corrected chi connectivity index (χ0v) is 6.33. The van der Waals surface area contributed by atoms with E-state index in [-0.39, 0.29) is 5.75 Å². The Kier molecular flexibility index (Phi) is 2.12. The van der Waals surface area contributed by atoms with Crippen molar-refractivity contribution in [2.45, 2.75) is 13.3 Å². The van der Waals surface area contributed by atoms with Crippen molar-refractivity contribution in [3.8, 4) is 11.8 Å². The zero-order chi connectivity index (χ0) is 8.27. The van der Waals surface area contributed by atoms with Gasteiger partial charge in [0.25, 0.3) is 0 Å². The van der Waals surface area contributed by atoms with E-state index in [1.54, 1.807) is 12.1 Å². The Morgan fingerprint density at radius 2 is 2.18 bits per heavy atom. The van der Waals surface area contributed by atoms with E-state index in [1.165, 1.54) is 0 Å². The molecule has 0 amide bonds. The number of nitriles is 1. The first kappa shape index (κ1) is 7.62.